The number of nitrogens with two attached hydrogens (primary N) is 1. The molecule has 1 saturated carbocycles. The largest absolute Gasteiger partial charge is 0.370 e. The molecule has 1 aliphatic carbocycles. The van der Waals surface area contributed by atoms with Crippen molar-refractivity contribution in [3.05, 3.63) is 30.1 Å². The minimum Gasteiger partial charge on any atom is -0.370 e. The average Bonchev–Trinajstić information content (AvgIpc) is 3.43. The van der Waals surface area contributed by atoms with Crippen molar-refractivity contribution in [2.75, 3.05) is 44.2 Å². The van der Waals surface area contributed by atoms with Gasteiger partial charge in [0.15, 0.2) is 5.96 Å². The molecular weight excluding hydrogens is 460 g/mol. The van der Waals surface area contributed by atoms with Crippen molar-refractivity contribution in [1.82, 2.24) is 9.80 Å². The van der Waals surface area contributed by atoms with Crippen LogP contribution in [-0.4, -0.2) is 67.0 Å². The fourth-order valence-corrected chi connectivity index (χ4v) is 3.84. The first-order valence-electron chi connectivity index (χ1n) is 9.45. The van der Waals surface area contributed by atoms with Gasteiger partial charge in [-0.1, -0.05) is 0 Å². The highest BCUT2D eigenvalue weighted by Crippen LogP contribution is 2.32. The Morgan fingerprint density at radius 1 is 1.15 bits per heavy atom. The molecule has 3 aliphatic rings. The zero-order chi connectivity index (χ0) is 18.1. The topological polar surface area (TPSA) is 65.2 Å². The summed E-state index contributed by atoms with van der Waals surface area (Å²) in [6.45, 7) is 4.71. The molecule has 2 heterocycles. The molecule has 1 aromatic carbocycles. The van der Waals surface area contributed by atoms with Crippen molar-refractivity contribution < 1.29 is 9.18 Å². The Morgan fingerprint density at radius 2 is 1.81 bits per heavy atom. The first-order chi connectivity index (χ1) is 12.6. The molecule has 0 bridgehead atoms. The third kappa shape index (κ3) is 4.83. The molecule has 6 nitrogen and oxygen atoms in total. The number of carbonyl (C=O) groups excluding carboxylic acids is 1. The van der Waals surface area contributed by atoms with Crippen LogP contribution in [0.4, 0.5) is 10.1 Å². The molecule has 0 spiro atoms. The Balaban J connectivity index is 0.00000210. The zero-order valence-corrected chi connectivity index (χ0v) is 17.7. The lowest BCUT2D eigenvalue weighted by atomic mass is 10.1. The van der Waals surface area contributed by atoms with E-state index in [1.165, 1.54) is 12.1 Å². The van der Waals surface area contributed by atoms with Crippen molar-refractivity contribution in [1.29, 1.82) is 0 Å². The maximum atomic E-state index is 13.0. The fraction of sp³-hybridized carbons (Fsp3) is 0.579. The van der Waals surface area contributed by atoms with E-state index in [1.54, 1.807) is 0 Å². The first-order valence-corrected chi connectivity index (χ1v) is 9.45. The molecule has 1 aromatic rings. The number of carbonyl (C=O) groups is 1. The van der Waals surface area contributed by atoms with Gasteiger partial charge in [0.2, 0.25) is 5.91 Å². The molecule has 2 saturated heterocycles. The van der Waals surface area contributed by atoms with E-state index in [0.29, 0.717) is 30.9 Å². The lowest BCUT2D eigenvalue weighted by Crippen LogP contribution is -2.51. The van der Waals surface area contributed by atoms with E-state index in [0.717, 1.165) is 51.3 Å². The van der Waals surface area contributed by atoms with Crippen molar-refractivity contribution in [3.8, 4) is 0 Å². The van der Waals surface area contributed by atoms with E-state index in [4.69, 9.17) is 5.73 Å². The Hall–Kier alpha value is -1.58. The van der Waals surface area contributed by atoms with E-state index >= 15 is 0 Å². The predicted octanol–water partition coefficient (Wildman–Crippen LogP) is 1.89. The molecular formula is C19H27FIN5O. The van der Waals surface area contributed by atoms with Crippen LogP contribution < -0.4 is 10.6 Å². The monoisotopic (exact) mass is 487 g/mol. The minimum absolute atomic E-state index is 0. The van der Waals surface area contributed by atoms with Crippen LogP contribution >= 0.6 is 24.0 Å². The van der Waals surface area contributed by atoms with E-state index in [9.17, 15) is 9.18 Å². The standard InChI is InChI=1S/C19H26FN5O.HI/c20-15-1-3-16(4-2-15)23-7-9-24(10-8-23)19(21)22-12-14-11-18(26)25(13-14)17-5-6-17;/h1-4,14,17H,5-13H2,(H2,21,22);1H. The van der Waals surface area contributed by atoms with E-state index < -0.39 is 0 Å². The summed E-state index contributed by atoms with van der Waals surface area (Å²) in [6, 6.07) is 7.10. The molecule has 1 unspecified atom stereocenters. The molecule has 1 atom stereocenters. The summed E-state index contributed by atoms with van der Waals surface area (Å²) in [5.74, 6) is 0.928. The van der Waals surface area contributed by atoms with Crippen LogP contribution in [0.2, 0.25) is 0 Å². The molecule has 3 fully saturated rings. The highest BCUT2D eigenvalue weighted by atomic mass is 127. The molecule has 4 rings (SSSR count). The normalized spacial score (nSPS) is 23.6. The maximum Gasteiger partial charge on any atom is 0.223 e. The number of nitrogens with zero attached hydrogens (tertiary/aromatic N) is 4. The number of likely N-dealkylation sites (tertiary alicyclic amines) is 1. The maximum absolute atomic E-state index is 13.0. The second-order valence-electron chi connectivity index (χ2n) is 7.50. The molecule has 0 radical (unpaired) electrons. The number of benzene rings is 1. The van der Waals surface area contributed by atoms with Gasteiger partial charge in [0, 0.05) is 63.3 Å². The van der Waals surface area contributed by atoms with E-state index in [2.05, 4.69) is 14.8 Å². The first kappa shape index (κ1) is 20.2. The second kappa shape index (κ2) is 8.62. The smallest absolute Gasteiger partial charge is 0.223 e. The van der Waals surface area contributed by atoms with Crippen LogP contribution in [0.25, 0.3) is 0 Å². The summed E-state index contributed by atoms with van der Waals surface area (Å²) in [4.78, 5) is 22.9. The SMILES string of the molecule is I.NC(=NCC1CC(=O)N(C2CC2)C1)N1CCN(c2ccc(F)cc2)CC1. The summed E-state index contributed by atoms with van der Waals surface area (Å²) >= 11 is 0. The molecule has 2 aliphatic heterocycles. The Morgan fingerprint density at radius 3 is 2.44 bits per heavy atom. The van der Waals surface area contributed by atoms with Gasteiger partial charge in [-0.25, -0.2) is 4.39 Å². The number of hydrogen-bond donors (Lipinski definition) is 1. The van der Waals surface area contributed by atoms with Gasteiger partial charge >= 0.3 is 0 Å². The molecule has 2 N–H and O–H groups in total. The van der Waals surface area contributed by atoms with E-state index in [1.807, 2.05) is 17.0 Å². The number of hydrogen-bond acceptors (Lipinski definition) is 3. The van der Waals surface area contributed by atoms with Crippen molar-refractivity contribution >= 4 is 41.5 Å². The lowest BCUT2D eigenvalue weighted by Gasteiger charge is -2.36. The summed E-state index contributed by atoms with van der Waals surface area (Å²) in [6.07, 6.45) is 2.91. The number of anilines is 1. The number of piperazine rings is 1. The van der Waals surface area contributed by atoms with Crippen LogP contribution in [-0.2, 0) is 4.79 Å². The highest BCUT2D eigenvalue weighted by molar-refractivity contribution is 14.0. The van der Waals surface area contributed by atoms with Crippen LogP contribution in [0.5, 0.6) is 0 Å². The summed E-state index contributed by atoms with van der Waals surface area (Å²) in [7, 11) is 0. The molecule has 27 heavy (non-hydrogen) atoms. The number of rotatable bonds is 4. The number of guanidine groups is 1. The van der Waals surface area contributed by atoms with Crippen LogP contribution in [0, 0.1) is 11.7 Å². The number of amides is 1. The van der Waals surface area contributed by atoms with Crippen LogP contribution in [0.3, 0.4) is 0 Å². The van der Waals surface area contributed by atoms with Gasteiger partial charge in [0.1, 0.15) is 5.82 Å². The second-order valence-corrected chi connectivity index (χ2v) is 7.50. The third-order valence-electron chi connectivity index (χ3n) is 5.53. The van der Waals surface area contributed by atoms with Gasteiger partial charge in [0.05, 0.1) is 0 Å². The average molecular weight is 487 g/mol. The lowest BCUT2D eigenvalue weighted by molar-refractivity contribution is -0.128. The fourth-order valence-electron chi connectivity index (χ4n) is 3.84. The van der Waals surface area contributed by atoms with Crippen LogP contribution in [0.15, 0.2) is 29.3 Å². The van der Waals surface area contributed by atoms with Crippen LogP contribution in [0.1, 0.15) is 19.3 Å². The number of halogens is 2. The molecule has 148 valence electrons. The van der Waals surface area contributed by atoms with Crippen molar-refractivity contribution in [2.24, 2.45) is 16.6 Å². The van der Waals surface area contributed by atoms with Gasteiger partial charge in [-0.15, -0.1) is 24.0 Å². The Labute approximate surface area is 176 Å². The van der Waals surface area contributed by atoms with E-state index in [-0.39, 0.29) is 35.7 Å². The molecule has 0 aromatic heterocycles. The van der Waals surface area contributed by atoms with Gasteiger partial charge in [-0.2, -0.15) is 0 Å². The quantitative estimate of drug-likeness (QED) is 0.401. The van der Waals surface area contributed by atoms with Gasteiger partial charge in [0.25, 0.3) is 0 Å². The number of aliphatic imine (C=N–C) groups is 1. The minimum atomic E-state index is -0.214. The summed E-state index contributed by atoms with van der Waals surface area (Å²) in [5, 5.41) is 0. The van der Waals surface area contributed by atoms with Gasteiger partial charge in [-0.3, -0.25) is 9.79 Å². The highest BCUT2D eigenvalue weighted by Gasteiger charge is 2.39. The Kier molecular flexibility index (Phi) is 6.44. The van der Waals surface area contributed by atoms with Gasteiger partial charge in [-0.05, 0) is 37.1 Å². The summed E-state index contributed by atoms with van der Waals surface area (Å²) in [5.41, 5.74) is 7.21. The zero-order valence-electron chi connectivity index (χ0n) is 15.4. The summed E-state index contributed by atoms with van der Waals surface area (Å²) < 4.78 is 13.0. The van der Waals surface area contributed by atoms with Crippen molar-refractivity contribution in [2.45, 2.75) is 25.3 Å². The predicted molar refractivity (Wildman–Crippen MR) is 115 cm³/mol. The Bertz CT molecular complexity index is 686. The molecule has 1 amide bonds. The molecule has 8 heteroatoms. The third-order valence-corrected chi connectivity index (χ3v) is 5.53. The van der Waals surface area contributed by atoms with Gasteiger partial charge < -0.3 is 20.4 Å². The van der Waals surface area contributed by atoms with Crippen molar-refractivity contribution in [3.63, 3.8) is 0 Å².